The average Bonchev–Trinajstić information content (AvgIpc) is 3.10. The fourth-order valence-electron chi connectivity index (χ4n) is 2.56. The smallest absolute Gasteiger partial charge is 0.261 e. The normalized spacial score (nSPS) is 10.9. The number of nitrogens with two attached hydrogens (primary N) is 1. The Labute approximate surface area is 132 Å². The molecule has 2 aromatic heterocycles. The van der Waals surface area contributed by atoms with Crippen molar-refractivity contribution in [2.45, 2.75) is 13.3 Å². The van der Waals surface area contributed by atoms with Crippen molar-refractivity contribution in [3.63, 3.8) is 0 Å². The molecule has 0 unspecified atom stereocenters. The summed E-state index contributed by atoms with van der Waals surface area (Å²) in [6.45, 7) is 1.95. The Hall–Kier alpha value is -3.16. The van der Waals surface area contributed by atoms with Gasteiger partial charge in [-0.2, -0.15) is 5.10 Å². The molecule has 23 heavy (non-hydrogen) atoms. The van der Waals surface area contributed by atoms with E-state index in [0.29, 0.717) is 12.0 Å². The third kappa shape index (κ3) is 2.54. The van der Waals surface area contributed by atoms with Crippen molar-refractivity contribution in [1.29, 1.82) is 5.41 Å². The number of nitrogens with one attached hydrogen (secondary N) is 2. The van der Waals surface area contributed by atoms with Gasteiger partial charge in [0.05, 0.1) is 40.5 Å². The summed E-state index contributed by atoms with van der Waals surface area (Å²) in [6.07, 6.45) is 3.86. The highest BCUT2D eigenvalue weighted by Crippen LogP contribution is 2.20. The van der Waals surface area contributed by atoms with E-state index in [0.717, 1.165) is 22.4 Å². The Kier molecular flexibility index (Phi) is 3.57. The highest BCUT2D eigenvalue weighted by Gasteiger charge is 2.18. The van der Waals surface area contributed by atoms with Gasteiger partial charge in [-0.1, -0.05) is 6.92 Å². The second-order valence-corrected chi connectivity index (χ2v) is 5.17. The number of guanidine groups is 1. The van der Waals surface area contributed by atoms with Crippen LogP contribution in [0.2, 0.25) is 0 Å². The van der Waals surface area contributed by atoms with Crippen LogP contribution in [0.1, 0.15) is 23.0 Å². The Bertz CT molecular complexity index is 906. The molecule has 0 atom stereocenters. The zero-order valence-electron chi connectivity index (χ0n) is 12.9. The number of hydrogen-bond acceptors (Lipinski definition) is 4. The third-order valence-corrected chi connectivity index (χ3v) is 3.65. The Morgan fingerprint density at radius 2 is 2.22 bits per heavy atom. The molecule has 1 amide bonds. The van der Waals surface area contributed by atoms with Gasteiger partial charge < -0.3 is 10.3 Å². The minimum absolute atomic E-state index is 0.388. The zero-order chi connectivity index (χ0) is 16.6. The van der Waals surface area contributed by atoms with Gasteiger partial charge in [0, 0.05) is 7.05 Å². The molecule has 0 aliphatic rings. The van der Waals surface area contributed by atoms with Crippen molar-refractivity contribution in [2.24, 2.45) is 12.8 Å². The maximum absolute atomic E-state index is 12.1. The van der Waals surface area contributed by atoms with Crippen LogP contribution in [0.5, 0.6) is 0 Å². The monoisotopic (exact) mass is 311 g/mol. The van der Waals surface area contributed by atoms with Gasteiger partial charge in [0.15, 0.2) is 5.96 Å². The third-order valence-electron chi connectivity index (χ3n) is 3.65. The van der Waals surface area contributed by atoms with Crippen LogP contribution >= 0.6 is 0 Å². The van der Waals surface area contributed by atoms with Gasteiger partial charge in [0.2, 0.25) is 0 Å². The van der Waals surface area contributed by atoms with Gasteiger partial charge in [-0.3, -0.25) is 15.5 Å². The number of nitrogens with zero attached hydrogens (tertiary/aromatic N) is 4. The minimum atomic E-state index is -0.429. The Morgan fingerprint density at radius 1 is 1.43 bits per heavy atom. The summed E-state index contributed by atoms with van der Waals surface area (Å²) >= 11 is 0. The number of imidazole rings is 1. The van der Waals surface area contributed by atoms with Crippen molar-refractivity contribution in [1.82, 2.24) is 24.6 Å². The first-order valence-corrected chi connectivity index (χ1v) is 7.15. The first kappa shape index (κ1) is 14.8. The number of fused-ring (bicyclic) bond motifs is 1. The van der Waals surface area contributed by atoms with Crippen molar-refractivity contribution in [3.8, 4) is 5.69 Å². The number of aryl methyl sites for hydroxylation is 1. The molecule has 2 heterocycles. The van der Waals surface area contributed by atoms with Crippen molar-refractivity contribution in [3.05, 3.63) is 42.0 Å². The molecule has 0 saturated heterocycles. The van der Waals surface area contributed by atoms with Crippen LogP contribution < -0.4 is 11.1 Å². The predicted octanol–water partition coefficient (Wildman–Crippen LogP) is 0.945. The summed E-state index contributed by atoms with van der Waals surface area (Å²) in [7, 11) is 1.93. The van der Waals surface area contributed by atoms with Gasteiger partial charge >= 0.3 is 0 Å². The lowest BCUT2D eigenvalue weighted by atomic mass is 10.2. The molecule has 8 heteroatoms. The first-order valence-electron chi connectivity index (χ1n) is 7.15. The molecule has 0 bridgehead atoms. The number of carbonyl (C=O) groups is 1. The summed E-state index contributed by atoms with van der Waals surface area (Å²) in [6, 6.07) is 5.80. The number of amides is 1. The van der Waals surface area contributed by atoms with Crippen LogP contribution in [0.4, 0.5) is 0 Å². The van der Waals surface area contributed by atoms with Crippen molar-refractivity contribution < 1.29 is 4.79 Å². The lowest BCUT2D eigenvalue weighted by Gasteiger charge is -2.08. The standard InChI is InChI=1S/C15H17N7O/c1-3-12-10(14(23)20-15(16)17)7-19-22(12)9-4-5-11-13(6-9)21(2)8-18-11/h4-8H,3H2,1-2H3,(H4,16,17,20,23). The van der Waals surface area contributed by atoms with Crippen LogP contribution in [0, 0.1) is 5.41 Å². The number of aromatic nitrogens is 4. The van der Waals surface area contributed by atoms with Crippen LogP contribution in [-0.2, 0) is 13.5 Å². The molecule has 0 spiro atoms. The van der Waals surface area contributed by atoms with E-state index in [2.05, 4.69) is 15.4 Å². The summed E-state index contributed by atoms with van der Waals surface area (Å²) < 4.78 is 3.65. The van der Waals surface area contributed by atoms with E-state index < -0.39 is 5.91 Å². The van der Waals surface area contributed by atoms with E-state index in [1.54, 1.807) is 11.0 Å². The first-order chi connectivity index (χ1) is 11.0. The van der Waals surface area contributed by atoms with E-state index in [1.807, 2.05) is 36.7 Å². The molecule has 118 valence electrons. The Balaban J connectivity index is 2.08. The second kappa shape index (κ2) is 5.56. The van der Waals surface area contributed by atoms with Gasteiger partial charge in [0.1, 0.15) is 0 Å². The molecule has 0 radical (unpaired) electrons. The number of hydrogen-bond donors (Lipinski definition) is 3. The van der Waals surface area contributed by atoms with E-state index in [4.69, 9.17) is 11.1 Å². The maximum Gasteiger partial charge on any atom is 0.261 e. The predicted molar refractivity (Wildman–Crippen MR) is 86.6 cm³/mol. The molecular formula is C15H17N7O. The van der Waals surface area contributed by atoms with Crippen LogP contribution in [0.15, 0.2) is 30.7 Å². The topological polar surface area (TPSA) is 115 Å². The average molecular weight is 311 g/mol. The molecule has 3 rings (SSSR count). The summed E-state index contributed by atoms with van der Waals surface area (Å²) in [4.78, 5) is 16.4. The molecule has 8 nitrogen and oxygen atoms in total. The van der Waals surface area contributed by atoms with Crippen molar-refractivity contribution in [2.75, 3.05) is 0 Å². The number of rotatable bonds is 3. The summed E-state index contributed by atoms with van der Waals surface area (Å²) in [5.41, 5.74) is 9.11. The molecule has 0 fully saturated rings. The lowest BCUT2D eigenvalue weighted by Crippen LogP contribution is -2.36. The summed E-state index contributed by atoms with van der Waals surface area (Å²) in [5, 5.41) is 13.8. The van der Waals surface area contributed by atoms with E-state index in [1.165, 1.54) is 6.20 Å². The molecule has 1 aromatic carbocycles. The number of carbonyl (C=O) groups excluding carboxylic acids is 1. The highest BCUT2D eigenvalue weighted by atomic mass is 16.1. The van der Waals surface area contributed by atoms with E-state index in [9.17, 15) is 4.79 Å². The van der Waals surface area contributed by atoms with Crippen LogP contribution in [0.25, 0.3) is 16.7 Å². The second-order valence-electron chi connectivity index (χ2n) is 5.17. The van der Waals surface area contributed by atoms with Gasteiger partial charge in [0.25, 0.3) is 5.91 Å². The zero-order valence-corrected chi connectivity index (χ0v) is 12.9. The van der Waals surface area contributed by atoms with E-state index >= 15 is 0 Å². The fourth-order valence-corrected chi connectivity index (χ4v) is 2.56. The Morgan fingerprint density at radius 3 is 2.91 bits per heavy atom. The van der Waals surface area contributed by atoms with Gasteiger partial charge in [-0.25, -0.2) is 9.67 Å². The van der Waals surface area contributed by atoms with Gasteiger partial charge in [-0.15, -0.1) is 0 Å². The molecular weight excluding hydrogens is 294 g/mol. The van der Waals surface area contributed by atoms with Crippen LogP contribution in [-0.4, -0.2) is 31.2 Å². The number of benzene rings is 1. The van der Waals surface area contributed by atoms with Gasteiger partial charge in [-0.05, 0) is 24.6 Å². The SMILES string of the molecule is CCc1c(C(=O)NC(=N)N)cnn1-c1ccc2ncn(C)c2c1. The molecule has 0 saturated carbocycles. The molecule has 4 N–H and O–H groups in total. The molecule has 0 aliphatic carbocycles. The molecule has 0 aliphatic heterocycles. The highest BCUT2D eigenvalue weighted by molar-refractivity contribution is 6.05. The van der Waals surface area contributed by atoms with E-state index in [-0.39, 0.29) is 5.96 Å². The fraction of sp³-hybridized carbons (Fsp3) is 0.200. The van der Waals surface area contributed by atoms with Crippen molar-refractivity contribution >= 4 is 22.9 Å². The lowest BCUT2D eigenvalue weighted by molar-refractivity contribution is 0.0975. The minimum Gasteiger partial charge on any atom is -0.370 e. The van der Waals surface area contributed by atoms with Crippen LogP contribution in [0.3, 0.4) is 0 Å². The maximum atomic E-state index is 12.1. The largest absolute Gasteiger partial charge is 0.370 e. The quantitative estimate of drug-likeness (QED) is 0.493. The molecule has 3 aromatic rings. The summed E-state index contributed by atoms with van der Waals surface area (Å²) in [5.74, 6) is -0.816.